The number of nitrogens with one attached hydrogen (secondary N) is 1. The molecule has 0 aromatic heterocycles. The van der Waals surface area contributed by atoms with E-state index in [0.717, 1.165) is 9.92 Å². The van der Waals surface area contributed by atoms with Gasteiger partial charge in [-0.1, -0.05) is 18.5 Å². The molecule has 4 heteroatoms. The third kappa shape index (κ3) is 4.03. The van der Waals surface area contributed by atoms with Gasteiger partial charge < -0.3 is 5.73 Å². The van der Waals surface area contributed by atoms with E-state index >= 15 is 0 Å². The summed E-state index contributed by atoms with van der Waals surface area (Å²) in [6, 6.07) is 7.68. The number of hydrogen-bond donors (Lipinski definition) is 2. The summed E-state index contributed by atoms with van der Waals surface area (Å²) in [7, 11) is 0. The van der Waals surface area contributed by atoms with Crippen molar-refractivity contribution in [2.45, 2.75) is 23.5 Å². The van der Waals surface area contributed by atoms with Crippen molar-refractivity contribution in [3.63, 3.8) is 0 Å². The van der Waals surface area contributed by atoms with Crippen molar-refractivity contribution in [3.8, 4) is 0 Å². The Hall–Kier alpha value is -0.670. The highest BCUT2D eigenvalue weighted by Crippen LogP contribution is 2.25. The van der Waals surface area contributed by atoms with E-state index < -0.39 is 0 Å². The van der Waals surface area contributed by atoms with Gasteiger partial charge in [-0.15, -0.1) is 11.8 Å². The minimum absolute atomic E-state index is 0.235. The molecule has 0 aliphatic rings. The molecular weight excluding hydrogens is 216 g/mol. The van der Waals surface area contributed by atoms with E-state index in [1.54, 1.807) is 11.8 Å². The lowest BCUT2D eigenvalue weighted by Gasteiger charge is -2.09. The average Bonchev–Trinajstić information content (AvgIpc) is 2.07. The number of hydrogen-bond acceptors (Lipinski definition) is 2. The van der Waals surface area contributed by atoms with E-state index in [0.29, 0.717) is 11.7 Å². The number of rotatable bonds is 4. The van der Waals surface area contributed by atoms with Crippen LogP contribution in [0.3, 0.4) is 0 Å². The van der Waals surface area contributed by atoms with Crippen molar-refractivity contribution in [1.82, 2.24) is 0 Å². The van der Waals surface area contributed by atoms with Gasteiger partial charge in [-0.25, -0.2) is 0 Å². The maximum Gasteiger partial charge on any atom is 0.0916 e. The zero-order chi connectivity index (χ0) is 10.6. The van der Waals surface area contributed by atoms with Crippen LogP contribution in [0.5, 0.6) is 0 Å². The highest BCUT2D eigenvalue weighted by molar-refractivity contribution is 8.00. The first-order valence-electron chi connectivity index (χ1n) is 4.33. The summed E-state index contributed by atoms with van der Waals surface area (Å²) < 4.78 is 0. The third-order valence-electron chi connectivity index (χ3n) is 1.66. The van der Waals surface area contributed by atoms with Crippen molar-refractivity contribution in [2.75, 3.05) is 0 Å². The average molecular weight is 229 g/mol. The molecule has 1 aromatic carbocycles. The minimum Gasteiger partial charge on any atom is -0.388 e. The smallest absolute Gasteiger partial charge is 0.0916 e. The maximum absolute atomic E-state index is 7.17. The fraction of sp³-hybridized carbons (Fsp3) is 0.300. The molecule has 0 heterocycles. The Bertz CT molecular complexity index is 310. The number of amidine groups is 1. The van der Waals surface area contributed by atoms with Crippen molar-refractivity contribution < 1.29 is 0 Å². The topological polar surface area (TPSA) is 49.9 Å². The molecule has 1 atom stereocenters. The van der Waals surface area contributed by atoms with Gasteiger partial charge in [0.15, 0.2) is 0 Å². The van der Waals surface area contributed by atoms with Crippen LogP contribution in [0.4, 0.5) is 0 Å². The number of halogens is 1. The standard InChI is InChI=1S/C10H13ClN2S/c1-7(6-10(12)13)14-9-4-2-8(11)3-5-9/h2-5,7H,6H2,1H3,(H3,12,13). The monoisotopic (exact) mass is 228 g/mol. The van der Waals surface area contributed by atoms with Gasteiger partial charge in [-0.3, -0.25) is 5.41 Å². The van der Waals surface area contributed by atoms with Gasteiger partial charge in [0.25, 0.3) is 0 Å². The quantitative estimate of drug-likeness (QED) is 0.473. The molecule has 76 valence electrons. The Kier molecular flexibility index (Phi) is 4.29. The first-order valence-corrected chi connectivity index (χ1v) is 5.59. The van der Waals surface area contributed by atoms with Crippen LogP contribution in [0.1, 0.15) is 13.3 Å². The summed E-state index contributed by atoms with van der Waals surface area (Å²) in [6.07, 6.45) is 0.618. The third-order valence-corrected chi connectivity index (χ3v) is 3.02. The summed E-state index contributed by atoms with van der Waals surface area (Å²) in [4.78, 5) is 1.16. The van der Waals surface area contributed by atoms with Crippen LogP contribution in [-0.2, 0) is 0 Å². The van der Waals surface area contributed by atoms with Crippen molar-refractivity contribution in [3.05, 3.63) is 29.3 Å². The molecule has 1 aromatic rings. The van der Waals surface area contributed by atoms with Gasteiger partial charge >= 0.3 is 0 Å². The Morgan fingerprint density at radius 2 is 2.07 bits per heavy atom. The lowest BCUT2D eigenvalue weighted by Crippen LogP contribution is -2.14. The van der Waals surface area contributed by atoms with Crippen molar-refractivity contribution >= 4 is 29.2 Å². The molecule has 0 aliphatic carbocycles. The molecule has 0 amide bonds. The summed E-state index contributed by atoms with van der Waals surface area (Å²) in [5, 5.41) is 8.24. The van der Waals surface area contributed by atoms with Crippen molar-refractivity contribution in [2.24, 2.45) is 5.73 Å². The molecule has 1 rings (SSSR count). The Morgan fingerprint density at radius 1 is 1.50 bits per heavy atom. The molecule has 0 spiro atoms. The van der Waals surface area contributed by atoms with Gasteiger partial charge in [0, 0.05) is 21.6 Å². The van der Waals surface area contributed by atoms with E-state index in [9.17, 15) is 0 Å². The SMILES string of the molecule is CC(CC(=N)N)Sc1ccc(Cl)cc1. The summed E-state index contributed by atoms with van der Waals surface area (Å²) in [5.41, 5.74) is 5.32. The summed E-state index contributed by atoms with van der Waals surface area (Å²) in [6.45, 7) is 2.06. The van der Waals surface area contributed by atoms with Crippen LogP contribution < -0.4 is 5.73 Å². The Balaban J connectivity index is 2.51. The Morgan fingerprint density at radius 3 is 2.57 bits per heavy atom. The molecular formula is C10H13ClN2S. The highest BCUT2D eigenvalue weighted by atomic mass is 35.5. The second kappa shape index (κ2) is 5.27. The predicted octanol–water partition coefficient (Wildman–Crippen LogP) is 3.15. The van der Waals surface area contributed by atoms with E-state index in [4.69, 9.17) is 22.7 Å². The highest BCUT2D eigenvalue weighted by Gasteiger charge is 2.05. The largest absolute Gasteiger partial charge is 0.388 e. The Labute approximate surface area is 93.3 Å². The molecule has 0 saturated heterocycles. The van der Waals surface area contributed by atoms with E-state index in [1.807, 2.05) is 24.3 Å². The molecule has 2 nitrogen and oxygen atoms in total. The first kappa shape index (κ1) is 11.4. The van der Waals surface area contributed by atoms with Crippen molar-refractivity contribution in [1.29, 1.82) is 5.41 Å². The molecule has 0 bridgehead atoms. The van der Waals surface area contributed by atoms with Crippen LogP contribution >= 0.6 is 23.4 Å². The van der Waals surface area contributed by atoms with Gasteiger partial charge in [-0.2, -0.15) is 0 Å². The fourth-order valence-electron chi connectivity index (χ4n) is 1.10. The molecule has 0 aliphatic heterocycles. The van der Waals surface area contributed by atoms with Gasteiger partial charge in [0.1, 0.15) is 0 Å². The minimum atomic E-state index is 0.235. The van der Waals surface area contributed by atoms with E-state index in [-0.39, 0.29) is 5.84 Å². The van der Waals surface area contributed by atoms with Crippen LogP contribution in [0.25, 0.3) is 0 Å². The lowest BCUT2D eigenvalue weighted by molar-refractivity contribution is 0.996. The van der Waals surface area contributed by atoms with Gasteiger partial charge in [0.2, 0.25) is 0 Å². The zero-order valence-corrected chi connectivity index (χ0v) is 9.53. The first-order chi connectivity index (χ1) is 6.58. The summed E-state index contributed by atoms with van der Waals surface area (Å²) >= 11 is 7.47. The second-order valence-electron chi connectivity index (χ2n) is 3.11. The van der Waals surface area contributed by atoms with Crippen LogP contribution in [-0.4, -0.2) is 11.1 Å². The number of benzene rings is 1. The molecule has 14 heavy (non-hydrogen) atoms. The van der Waals surface area contributed by atoms with E-state index in [1.165, 1.54) is 0 Å². The molecule has 3 N–H and O–H groups in total. The van der Waals surface area contributed by atoms with E-state index in [2.05, 4.69) is 6.92 Å². The van der Waals surface area contributed by atoms with Gasteiger partial charge in [-0.05, 0) is 24.3 Å². The zero-order valence-electron chi connectivity index (χ0n) is 7.96. The van der Waals surface area contributed by atoms with Crippen LogP contribution in [0.2, 0.25) is 5.02 Å². The lowest BCUT2D eigenvalue weighted by atomic mass is 10.3. The maximum atomic E-state index is 7.17. The molecule has 0 saturated carbocycles. The normalized spacial score (nSPS) is 12.4. The van der Waals surface area contributed by atoms with Gasteiger partial charge in [0.05, 0.1) is 5.84 Å². The van der Waals surface area contributed by atoms with Crippen LogP contribution in [0.15, 0.2) is 29.2 Å². The fourth-order valence-corrected chi connectivity index (χ4v) is 2.24. The molecule has 1 unspecified atom stereocenters. The predicted molar refractivity (Wildman–Crippen MR) is 63.3 cm³/mol. The van der Waals surface area contributed by atoms with Crippen LogP contribution in [0, 0.1) is 5.41 Å². The number of thioether (sulfide) groups is 1. The number of nitrogens with two attached hydrogens (primary N) is 1. The second-order valence-corrected chi connectivity index (χ2v) is 5.06. The molecule has 0 fully saturated rings. The molecule has 0 radical (unpaired) electrons. The summed E-state index contributed by atoms with van der Waals surface area (Å²) in [5.74, 6) is 0.235.